The molecule has 1 aromatic rings. The van der Waals surface area contributed by atoms with Gasteiger partial charge in [-0.05, 0) is 35.5 Å². The summed E-state index contributed by atoms with van der Waals surface area (Å²) in [5, 5.41) is 8.68. The van der Waals surface area contributed by atoms with Gasteiger partial charge in [-0.15, -0.1) is 0 Å². The van der Waals surface area contributed by atoms with Crippen molar-refractivity contribution in [2.24, 2.45) is 0 Å². The Balaban J connectivity index is 3.01. The van der Waals surface area contributed by atoms with E-state index in [1.165, 1.54) is 30.3 Å². The fourth-order valence-electron chi connectivity index (χ4n) is 1.14. The smallest absolute Gasteiger partial charge is 0.223 e. The van der Waals surface area contributed by atoms with Gasteiger partial charge in [-0.1, -0.05) is 12.1 Å². The predicted octanol–water partition coefficient (Wildman–Crippen LogP) is 3.21. The molecule has 0 spiro atoms. The maximum atomic E-state index is 12.1. The zero-order valence-electron chi connectivity index (χ0n) is 9.60. The normalized spacial score (nSPS) is 13.1. The van der Waals surface area contributed by atoms with E-state index in [9.17, 15) is 21.6 Å². The Morgan fingerprint density at radius 3 is 2.21 bits per heavy atom. The lowest BCUT2D eigenvalue weighted by Gasteiger charge is -2.05. The van der Waals surface area contributed by atoms with Crippen molar-refractivity contribution in [3.8, 4) is 6.07 Å². The Morgan fingerprint density at radius 1 is 1.32 bits per heavy atom. The third-order valence-corrected chi connectivity index (χ3v) is 3.67. The first kappa shape index (κ1) is 15.6. The number of hydrogen-bond donors (Lipinski definition) is 0. The molecule has 3 nitrogen and oxygen atoms in total. The number of sulfone groups is 1. The maximum Gasteiger partial charge on any atom is 0.446 e. The second-order valence-corrected chi connectivity index (χ2v) is 6.63. The molecule has 0 saturated heterocycles. The predicted molar refractivity (Wildman–Crippen MR) is 66.8 cm³/mol. The molecule has 0 aliphatic carbocycles. The van der Waals surface area contributed by atoms with Crippen molar-refractivity contribution >= 4 is 27.7 Å². The van der Waals surface area contributed by atoms with E-state index < -0.39 is 20.3 Å². The number of thioether (sulfide) groups is 1. The van der Waals surface area contributed by atoms with Crippen LogP contribution in [0.15, 0.2) is 34.1 Å². The molecule has 0 radical (unpaired) electrons. The van der Waals surface area contributed by atoms with Crippen molar-refractivity contribution in [3.63, 3.8) is 0 Å². The molecule has 1 rings (SSSR count). The molecule has 0 aliphatic heterocycles. The van der Waals surface area contributed by atoms with E-state index in [4.69, 9.17) is 5.26 Å². The molecule has 0 aliphatic rings. The van der Waals surface area contributed by atoms with E-state index in [0.717, 1.165) is 12.3 Å². The molecule has 0 aromatic heterocycles. The Bertz CT molecular complexity index is 625. The highest BCUT2D eigenvalue weighted by atomic mass is 32.2. The first-order valence-corrected chi connectivity index (χ1v) is 7.50. The lowest BCUT2D eigenvalue weighted by atomic mass is 10.2. The second kappa shape index (κ2) is 5.67. The molecule has 1 aromatic carbocycles. The van der Waals surface area contributed by atoms with Crippen LogP contribution in [0.25, 0.3) is 6.08 Å². The highest BCUT2D eigenvalue weighted by Crippen LogP contribution is 2.36. The third-order valence-electron chi connectivity index (χ3n) is 1.92. The number of halogens is 3. The number of nitriles is 1. The summed E-state index contributed by atoms with van der Waals surface area (Å²) in [6, 6.07) is 6.58. The largest absolute Gasteiger partial charge is 0.446 e. The Kier molecular flexibility index (Phi) is 4.66. The monoisotopic (exact) mass is 307 g/mol. The average Bonchev–Trinajstić information content (AvgIpc) is 2.24. The Hall–Kier alpha value is -1.46. The quantitative estimate of drug-likeness (QED) is 0.635. The Labute approximate surface area is 112 Å². The zero-order valence-corrected chi connectivity index (χ0v) is 11.2. The number of hydrogen-bond acceptors (Lipinski definition) is 4. The van der Waals surface area contributed by atoms with Gasteiger partial charge in [0.1, 0.15) is 11.0 Å². The lowest BCUT2D eigenvalue weighted by molar-refractivity contribution is -0.0328. The van der Waals surface area contributed by atoms with Crippen molar-refractivity contribution in [3.05, 3.63) is 34.7 Å². The van der Waals surface area contributed by atoms with Crippen LogP contribution in [0, 0.1) is 11.3 Å². The molecule has 0 fully saturated rings. The molecule has 0 heterocycles. The van der Waals surface area contributed by atoms with Gasteiger partial charge >= 0.3 is 5.51 Å². The van der Waals surface area contributed by atoms with Gasteiger partial charge in [0.2, 0.25) is 0 Å². The number of rotatable bonds is 3. The van der Waals surface area contributed by atoms with Gasteiger partial charge in [0.15, 0.2) is 9.84 Å². The first-order chi connectivity index (χ1) is 8.62. The van der Waals surface area contributed by atoms with E-state index >= 15 is 0 Å². The van der Waals surface area contributed by atoms with Crippen LogP contribution >= 0.6 is 11.8 Å². The molecular formula is C11H8F3NO2S2. The summed E-state index contributed by atoms with van der Waals surface area (Å²) < 4.78 is 58.6. The van der Waals surface area contributed by atoms with Crippen molar-refractivity contribution in [1.82, 2.24) is 0 Å². The van der Waals surface area contributed by atoms with E-state index in [0.29, 0.717) is 5.56 Å². The van der Waals surface area contributed by atoms with Crippen molar-refractivity contribution in [2.45, 2.75) is 10.4 Å². The van der Waals surface area contributed by atoms with Crippen molar-refractivity contribution in [1.29, 1.82) is 5.26 Å². The molecule has 0 N–H and O–H groups in total. The zero-order chi connectivity index (χ0) is 14.7. The van der Waals surface area contributed by atoms with Gasteiger partial charge in [0.25, 0.3) is 0 Å². The van der Waals surface area contributed by atoms with E-state index in [2.05, 4.69) is 0 Å². The fourth-order valence-corrected chi connectivity index (χ4v) is 2.19. The van der Waals surface area contributed by atoms with Gasteiger partial charge in [0, 0.05) is 11.2 Å². The third kappa shape index (κ3) is 5.36. The van der Waals surface area contributed by atoms with Gasteiger partial charge in [-0.25, -0.2) is 8.42 Å². The Morgan fingerprint density at radius 2 is 1.84 bits per heavy atom. The summed E-state index contributed by atoms with van der Waals surface area (Å²) in [6.07, 6.45) is 1.99. The SMILES string of the molecule is CS(=O)(=O)/C(C#N)=C\c1ccc(SC(F)(F)F)cc1. The van der Waals surface area contributed by atoms with Crippen LogP contribution in [0.3, 0.4) is 0 Å². The van der Waals surface area contributed by atoms with Crippen LogP contribution in [0.1, 0.15) is 5.56 Å². The number of benzene rings is 1. The molecule has 0 bridgehead atoms. The number of alkyl halides is 3. The molecular weight excluding hydrogens is 299 g/mol. The maximum absolute atomic E-state index is 12.1. The first-order valence-electron chi connectivity index (χ1n) is 4.79. The highest BCUT2D eigenvalue weighted by Gasteiger charge is 2.28. The number of nitrogens with zero attached hydrogens (tertiary/aromatic N) is 1. The lowest BCUT2D eigenvalue weighted by Crippen LogP contribution is -1.99. The van der Waals surface area contributed by atoms with Crippen LogP contribution in [-0.2, 0) is 9.84 Å². The molecule has 19 heavy (non-hydrogen) atoms. The summed E-state index contributed by atoms with van der Waals surface area (Å²) in [5.74, 6) is 0. The van der Waals surface area contributed by atoms with Crippen LogP contribution in [0.2, 0.25) is 0 Å². The summed E-state index contributed by atoms with van der Waals surface area (Å²) in [5.41, 5.74) is -4.03. The summed E-state index contributed by atoms with van der Waals surface area (Å²) in [6.45, 7) is 0. The fraction of sp³-hybridized carbons (Fsp3) is 0.182. The van der Waals surface area contributed by atoms with Crippen molar-refractivity contribution < 1.29 is 21.6 Å². The molecule has 8 heteroatoms. The van der Waals surface area contributed by atoms with Crippen LogP contribution in [0.4, 0.5) is 13.2 Å². The van der Waals surface area contributed by atoms with Gasteiger partial charge < -0.3 is 0 Å². The summed E-state index contributed by atoms with van der Waals surface area (Å²) >= 11 is -0.264. The van der Waals surface area contributed by atoms with Crippen molar-refractivity contribution in [2.75, 3.05) is 6.26 Å². The molecule has 0 amide bonds. The minimum atomic E-state index is -4.37. The van der Waals surface area contributed by atoms with Crippen LogP contribution in [-0.4, -0.2) is 20.2 Å². The number of allylic oxidation sites excluding steroid dienone is 1. The van der Waals surface area contributed by atoms with Crippen LogP contribution in [0.5, 0.6) is 0 Å². The van der Waals surface area contributed by atoms with E-state index in [-0.39, 0.29) is 16.7 Å². The molecule has 0 saturated carbocycles. The minimum Gasteiger partial charge on any atom is -0.223 e. The van der Waals surface area contributed by atoms with Gasteiger partial charge in [-0.3, -0.25) is 0 Å². The van der Waals surface area contributed by atoms with Gasteiger partial charge in [0.05, 0.1) is 0 Å². The van der Waals surface area contributed by atoms with E-state index in [1.54, 1.807) is 0 Å². The standard InChI is InChI=1S/C11H8F3NO2S2/c1-19(16,17)10(7-15)6-8-2-4-9(5-3-8)18-11(12,13)14/h2-6H,1H3/b10-6-. The minimum absolute atomic E-state index is 0.0116. The van der Waals surface area contributed by atoms with Crippen LogP contribution < -0.4 is 0 Å². The van der Waals surface area contributed by atoms with E-state index in [1.807, 2.05) is 0 Å². The molecule has 102 valence electrons. The molecule has 0 unspecified atom stereocenters. The topological polar surface area (TPSA) is 57.9 Å². The summed E-state index contributed by atoms with van der Waals surface area (Å²) in [7, 11) is -3.64. The summed E-state index contributed by atoms with van der Waals surface area (Å²) in [4.78, 5) is -0.453. The molecule has 0 atom stereocenters. The second-order valence-electron chi connectivity index (χ2n) is 3.51. The average molecular weight is 307 g/mol. The van der Waals surface area contributed by atoms with Gasteiger partial charge in [-0.2, -0.15) is 18.4 Å². The highest BCUT2D eigenvalue weighted by molar-refractivity contribution is 8.00.